The van der Waals surface area contributed by atoms with Crippen LogP contribution in [0.1, 0.15) is 49.9 Å². The average Bonchev–Trinajstić information content (AvgIpc) is 2.54. The Morgan fingerprint density at radius 3 is 2.50 bits per heavy atom. The van der Waals surface area contributed by atoms with Crippen molar-refractivity contribution < 1.29 is 13.2 Å². The number of rotatable bonds is 9. The maximum absolute atomic E-state index is 12.3. The van der Waals surface area contributed by atoms with E-state index < -0.39 is 10.0 Å². The number of sulfonamides is 1. The quantitative estimate of drug-likeness (QED) is 0.718. The van der Waals surface area contributed by atoms with Gasteiger partial charge >= 0.3 is 0 Å². The van der Waals surface area contributed by atoms with E-state index in [1.54, 1.807) is 6.07 Å². The maximum Gasteiger partial charge on any atom is 0.251 e. The SMILES string of the molecule is CCCCC(CC)CNC(=O)c1ccc(Cl)c(S(=O)(=O)N(C)C)c1. The predicted molar refractivity (Wildman–Crippen MR) is 98.0 cm³/mol. The number of carbonyl (C=O) groups excluding carboxylic acids is 1. The van der Waals surface area contributed by atoms with Crippen LogP contribution in [0.15, 0.2) is 23.1 Å². The van der Waals surface area contributed by atoms with Gasteiger partial charge in [-0.2, -0.15) is 0 Å². The van der Waals surface area contributed by atoms with Crippen molar-refractivity contribution in [2.24, 2.45) is 5.92 Å². The Bertz CT molecular complexity index is 660. The predicted octanol–water partition coefficient (Wildman–Crippen LogP) is 3.54. The van der Waals surface area contributed by atoms with E-state index in [1.807, 2.05) is 0 Å². The molecule has 136 valence electrons. The summed E-state index contributed by atoms with van der Waals surface area (Å²) in [5.41, 5.74) is 0.296. The molecule has 7 heteroatoms. The van der Waals surface area contributed by atoms with E-state index >= 15 is 0 Å². The van der Waals surface area contributed by atoms with E-state index in [0.29, 0.717) is 18.0 Å². The lowest BCUT2D eigenvalue weighted by Gasteiger charge is -2.16. The summed E-state index contributed by atoms with van der Waals surface area (Å²) >= 11 is 6.00. The van der Waals surface area contributed by atoms with Gasteiger partial charge in [0, 0.05) is 26.2 Å². The molecule has 5 nitrogen and oxygen atoms in total. The number of carbonyl (C=O) groups is 1. The van der Waals surface area contributed by atoms with Gasteiger partial charge < -0.3 is 5.32 Å². The van der Waals surface area contributed by atoms with Crippen LogP contribution >= 0.6 is 11.6 Å². The number of nitrogens with one attached hydrogen (secondary N) is 1. The fourth-order valence-corrected chi connectivity index (χ4v) is 3.72. The summed E-state index contributed by atoms with van der Waals surface area (Å²) in [5.74, 6) is 0.156. The van der Waals surface area contributed by atoms with Crippen molar-refractivity contribution >= 4 is 27.5 Å². The minimum atomic E-state index is -3.69. The number of halogens is 1. The van der Waals surface area contributed by atoms with E-state index in [4.69, 9.17) is 11.6 Å². The van der Waals surface area contributed by atoms with Gasteiger partial charge in [-0.3, -0.25) is 4.79 Å². The molecule has 0 aliphatic rings. The molecule has 1 aromatic carbocycles. The monoisotopic (exact) mass is 374 g/mol. The summed E-state index contributed by atoms with van der Waals surface area (Å²) in [6.45, 7) is 4.84. The van der Waals surface area contributed by atoms with Gasteiger partial charge in [0.05, 0.1) is 5.02 Å². The molecule has 0 bridgehead atoms. The molecule has 1 atom stereocenters. The molecule has 24 heavy (non-hydrogen) atoms. The van der Waals surface area contributed by atoms with Gasteiger partial charge in [-0.25, -0.2) is 12.7 Å². The van der Waals surface area contributed by atoms with Crippen molar-refractivity contribution in [2.75, 3.05) is 20.6 Å². The maximum atomic E-state index is 12.3. The van der Waals surface area contributed by atoms with Crippen LogP contribution in [0.3, 0.4) is 0 Å². The second-order valence-electron chi connectivity index (χ2n) is 6.06. The zero-order valence-corrected chi connectivity index (χ0v) is 16.4. The topological polar surface area (TPSA) is 66.5 Å². The van der Waals surface area contributed by atoms with E-state index in [9.17, 15) is 13.2 Å². The Morgan fingerprint density at radius 1 is 1.29 bits per heavy atom. The van der Waals surface area contributed by atoms with Gasteiger partial charge in [0.15, 0.2) is 0 Å². The third-order valence-corrected chi connectivity index (χ3v) is 6.34. The molecule has 0 heterocycles. The summed E-state index contributed by atoms with van der Waals surface area (Å²) in [6.07, 6.45) is 4.35. The fourth-order valence-electron chi connectivity index (χ4n) is 2.32. The highest BCUT2D eigenvalue weighted by molar-refractivity contribution is 7.89. The van der Waals surface area contributed by atoms with E-state index in [-0.39, 0.29) is 15.8 Å². The van der Waals surface area contributed by atoms with Crippen molar-refractivity contribution in [3.63, 3.8) is 0 Å². The number of hydrogen-bond acceptors (Lipinski definition) is 3. The molecule has 0 spiro atoms. The van der Waals surface area contributed by atoms with E-state index in [2.05, 4.69) is 19.2 Å². The van der Waals surface area contributed by atoms with Gasteiger partial charge in [-0.1, -0.05) is 44.7 Å². The van der Waals surface area contributed by atoms with Gasteiger partial charge in [0.1, 0.15) is 4.90 Å². The Labute approximate surface area is 150 Å². The number of unbranched alkanes of at least 4 members (excludes halogenated alkanes) is 1. The van der Waals surface area contributed by atoms with Gasteiger partial charge in [0.25, 0.3) is 5.91 Å². The molecule has 0 aliphatic carbocycles. The van der Waals surface area contributed by atoms with E-state index in [1.165, 1.54) is 26.2 Å². The lowest BCUT2D eigenvalue weighted by molar-refractivity contribution is 0.0945. The number of hydrogen-bond donors (Lipinski definition) is 1. The molecule has 1 rings (SSSR count). The minimum absolute atomic E-state index is 0.0557. The fraction of sp³-hybridized carbons (Fsp3) is 0.588. The van der Waals surface area contributed by atoms with Gasteiger partial charge in [0.2, 0.25) is 10.0 Å². The molecule has 0 aromatic heterocycles. The largest absolute Gasteiger partial charge is 0.352 e. The summed E-state index contributed by atoms with van der Waals surface area (Å²) in [7, 11) is -0.833. The molecule has 1 aromatic rings. The normalized spacial score (nSPS) is 13.1. The molecule has 0 saturated carbocycles. The minimum Gasteiger partial charge on any atom is -0.352 e. The first-order valence-corrected chi connectivity index (χ1v) is 10.1. The number of nitrogens with zero attached hydrogens (tertiary/aromatic N) is 1. The van der Waals surface area contributed by atoms with Crippen LogP contribution in [0.2, 0.25) is 5.02 Å². The molecule has 0 saturated heterocycles. The lowest BCUT2D eigenvalue weighted by Crippen LogP contribution is -2.29. The Morgan fingerprint density at radius 2 is 1.96 bits per heavy atom. The number of benzene rings is 1. The summed E-state index contributed by atoms with van der Waals surface area (Å²) in [5, 5.41) is 3.00. The second-order valence-corrected chi connectivity index (χ2v) is 8.59. The molecular formula is C17H27ClN2O3S. The third kappa shape index (κ3) is 5.46. The van der Waals surface area contributed by atoms with Crippen molar-refractivity contribution in [3.05, 3.63) is 28.8 Å². The second kappa shape index (κ2) is 9.39. The summed E-state index contributed by atoms with van der Waals surface area (Å²) in [6, 6.07) is 4.32. The first-order chi connectivity index (χ1) is 11.2. The van der Waals surface area contributed by atoms with Crippen molar-refractivity contribution in [1.82, 2.24) is 9.62 Å². The van der Waals surface area contributed by atoms with E-state index in [0.717, 1.165) is 30.0 Å². The average molecular weight is 375 g/mol. The van der Waals surface area contributed by atoms with Crippen molar-refractivity contribution in [3.8, 4) is 0 Å². The van der Waals surface area contributed by atoms with Crippen LogP contribution in [0, 0.1) is 5.92 Å². The molecule has 0 radical (unpaired) electrons. The Balaban J connectivity index is 2.89. The third-order valence-electron chi connectivity index (χ3n) is 4.05. The lowest BCUT2D eigenvalue weighted by atomic mass is 9.99. The Hall–Kier alpha value is -1.11. The molecule has 1 unspecified atom stereocenters. The molecular weight excluding hydrogens is 348 g/mol. The van der Waals surface area contributed by atoms with Crippen molar-refractivity contribution in [1.29, 1.82) is 0 Å². The molecule has 0 fully saturated rings. The van der Waals surface area contributed by atoms with Crippen LogP contribution in [0.4, 0.5) is 0 Å². The molecule has 0 aliphatic heterocycles. The van der Waals surface area contributed by atoms with Crippen molar-refractivity contribution in [2.45, 2.75) is 44.4 Å². The zero-order valence-electron chi connectivity index (χ0n) is 14.8. The Kier molecular flexibility index (Phi) is 8.19. The van der Waals surface area contributed by atoms with Gasteiger partial charge in [-0.05, 0) is 30.5 Å². The summed E-state index contributed by atoms with van der Waals surface area (Å²) < 4.78 is 25.6. The highest BCUT2D eigenvalue weighted by Crippen LogP contribution is 2.24. The van der Waals surface area contributed by atoms with Crippen LogP contribution in [0.25, 0.3) is 0 Å². The molecule has 1 N–H and O–H groups in total. The zero-order chi connectivity index (χ0) is 18.3. The van der Waals surface area contributed by atoms with Crippen LogP contribution in [-0.4, -0.2) is 39.3 Å². The van der Waals surface area contributed by atoms with Gasteiger partial charge in [-0.15, -0.1) is 0 Å². The first-order valence-electron chi connectivity index (χ1n) is 8.24. The van der Waals surface area contributed by atoms with Crippen LogP contribution in [-0.2, 0) is 10.0 Å². The number of amides is 1. The highest BCUT2D eigenvalue weighted by atomic mass is 35.5. The molecule has 1 amide bonds. The van der Waals surface area contributed by atoms with Crippen LogP contribution < -0.4 is 5.32 Å². The summed E-state index contributed by atoms with van der Waals surface area (Å²) in [4.78, 5) is 12.3. The van der Waals surface area contributed by atoms with Crippen LogP contribution in [0.5, 0.6) is 0 Å². The smallest absolute Gasteiger partial charge is 0.251 e. The first kappa shape index (κ1) is 20.9. The highest BCUT2D eigenvalue weighted by Gasteiger charge is 2.22. The standard InChI is InChI=1S/C17H27ClN2O3S/c1-5-7-8-13(6-2)12-19-17(21)14-9-10-15(18)16(11-14)24(22,23)20(3)4/h9-11,13H,5-8,12H2,1-4H3,(H,19,21).